The van der Waals surface area contributed by atoms with Gasteiger partial charge in [-0.15, -0.1) is 0 Å². The van der Waals surface area contributed by atoms with Gasteiger partial charge in [-0.3, -0.25) is 14.4 Å². The highest BCUT2D eigenvalue weighted by molar-refractivity contribution is 7.91. The summed E-state index contributed by atoms with van der Waals surface area (Å²) in [5, 5.41) is 2.49. The zero-order chi connectivity index (χ0) is 22.8. The Morgan fingerprint density at radius 1 is 1.10 bits per heavy atom. The highest BCUT2D eigenvalue weighted by Gasteiger charge is 2.46. The van der Waals surface area contributed by atoms with Gasteiger partial charge >= 0.3 is 17.8 Å². The minimum absolute atomic E-state index is 0.0360. The van der Waals surface area contributed by atoms with Crippen LogP contribution in [-0.4, -0.2) is 74.4 Å². The van der Waals surface area contributed by atoms with Crippen molar-refractivity contribution < 1.29 is 37.1 Å². The average Bonchev–Trinajstić information content (AvgIpc) is 3.14. The van der Waals surface area contributed by atoms with Crippen LogP contribution in [0.3, 0.4) is 0 Å². The van der Waals surface area contributed by atoms with Gasteiger partial charge in [-0.1, -0.05) is 0 Å². The van der Waals surface area contributed by atoms with E-state index in [9.17, 15) is 27.6 Å². The van der Waals surface area contributed by atoms with Crippen LogP contribution in [0.2, 0.25) is 0 Å². The molecule has 12 heteroatoms. The number of anilines is 1. The molecule has 168 valence electrons. The van der Waals surface area contributed by atoms with Crippen molar-refractivity contribution in [3.05, 3.63) is 18.2 Å². The topological polar surface area (TPSA) is 139 Å². The maximum absolute atomic E-state index is 12.7. The third-order valence-corrected chi connectivity index (χ3v) is 6.51. The molecule has 1 aromatic rings. The van der Waals surface area contributed by atoms with E-state index in [0.29, 0.717) is 34.5 Å². The molecular formula is C19H23N3O8S. The molecule has 0 aliphatic carbocycles. The Morgan fingerprint density at radius 3 is 2.39 bits per heavy atom. The number of carbonyl (C=O) groups is 4. The van der Waals surface area contributed by atoms with Gasteiger partial charge in [0.25, 0.3) is 0 Å². The maximum Gasteiger partial charge on any atom is 0.339 e. The zero-order valence-electron chi connectivity index (χ0n) is 17.1. The van der Waals surface area contributed by atoms with Crippen molar-refractivity contribution in [2.75, 3.05) is 36.2 Å². The molecule has 1 unspecified atom stereocenters. The smallest absolute Gasteiger partial charge is 0.339 e. The van der Waals surface area contributed by atoms with E-state index >= 15 is 0 Å². The summed E-state index contributed by atoms with van der Waals surface area (Å²) in [6.07, 6.45) is 0.257. The van der Waals surface area contributed by atoms with E-state index in [1.807, 2.05) is 0 Å². The molecule has 0 radical (unpaired) electrons. The van der Waals surface area contributed by atoms with Crippen molar-refractivity contribution >= 4 is 39.3 Å². The van der Waals surface area contributed by atoms with E-state index in [-0.39, 0.29) is 23.6 Å². The van der Waals surface area contributed by atoms with Crippen molar-refractivity contribution in [2.45, 2.75) is 26.3 Å². The molecule has 2 fully saturated rings. The number of amides is 5. The number of hydrogen-bond acceptors (Lipinski definition) is 8. The van der Waals surface area contributed by atoms with Gasteiger partial charge in [0.1, 0.15) is 6.54 Å². The Morgan fingerprint density at radius 2 is 1.77 bits per heavy atom. The summed E-state index contributed by atoms with van der Waals surface area (Å²) in [6, 6.07) is 2.80. The zero-order valence-corrected chi connectivity index (χ0v) is 17.9. The second kappa shape index (κ2) is 8.92. The molecule has 1 atom stereocenters. The first-order valence-electron chi connectivity index (χ1n) is 9.76. The number of rotatable bonds is 8. The fraction of sp³-hybridized carbons (Fsp3) is 0.474. The molecule has 0 spiro atoms. The highest BCUT2D eigenvalue weighted by Crippen LogP contribution is 2.34. The molecule has 0 bridgehead atoms. The first-order valence-corrected chi connectivity index (χ1v) is 11.6. The van der Waals surface area contributed by atoms with Crippen LogP contribution in [0, 0.1) is 0 Å². The van der Waals surface area contributed by atoms with Crippen LogP contribution in [0.1, 0.15) is 20.3 Å². The number of sulfone groups is 1. The van der Waals surface area contributed by atoms with Crippen molar-refractivity contribution in [1.82, 2.24) is 10.2 Å². The predicted molar refractivity (Wildman–Crippen MR) is 109 cm³/mol. The molecule has 2 aliphatic heterocycles. The minimum atomic E-state index is -3.21. The van der Waals surface area contributed by atoms with Crippen molar-refractivity contribution in [3.8, 4) is 11.5 Å². The van der Waals surface area contributed by atoms with Gasteiger partial charge in [-0.05, 0) is 32.4 Å². The Kier molecular flexibility index (Phi) is 6.48. The second-order valence-corrected chi connectivity index (χ2v) is 9.21. The van der Waals surface area contributed by atoms with Crippen LogP contribution < -0.4 is 19.7 Å². The van der Waals surface area contributed by atoms with Gasteiger partial charge < -0.3 is 14.8 Å². The summed E-state index contributed by atoms with van der Waals surface area (Å²) in [5.41, 5.74) is 0.0973. The van der Waals surface area contributed by atoms with Crippen LogP contribution >= 0.6 is 0 Å². The largest absolute Gasteiger partial charge is 0.490 e. The number of urea groups is 1. The fourth-order valence-electron chi connectivity index (χ4n) is 3.38. The highest BCUT2D eigenvalue weighted by atomic mass is 32.2. The molecule has 0 saturated carbocycles. The first-order chi connectivity index (χ1) is 14.7. The first kappa shape index (κ1) is 22.5. The molecule has 2 saturated heterocycles. The quantitative estimate of drug-likeness (QED) is 0.431. The molecule has 1 N–H and O–H groups in total. The number of imide groups is 2. The van der Waals surface area contributed by atoms with Crippen LogP contribution in [0.25, 0.3) is 0 Å². The van der Waals surface area contributed by atoms with E-state index in [1.165, 1.54) is 18.2 Å². The van der Waals surface area contributed by atoms with Gasteiger partial charge in [0.05, 0.1) is 30.4 Å². The molecule has 3 rings (SSSR count). The summed E-state index contributed by atoms with van der Waals surface area (Å²) in [6.45, 7) is 3.55. The van der Waals surface area contributed by atoms with Gasteiger partial charge in [0, 0.05) is 12.1 Å². The lowest BCUT2D eigenvalue weighted by molar-refractivity contribution is -0.140. The predicted octanol–water partition coefficient (Wildman–Crippen LogP) is 0.0825. The Balaban J connectivity index is 1.75. The van der Waals surface area contributed by atoms with Gasteiger partial charge in [0.2, 0.25) is 5.91 Å². The van der Waals surface area contributed by atoms with Gasteiger partial charge in [-0.2, -0.15) is 0 Å². The van der Waals surface area contributed by atoms with E-state index in [2.05, 4.69) is 5.32 Å². The lowest BCUT2D eigenvalue weighted by atomic mass is 10.2. The number of hydrogen-bond donors (Lipinski definition) is 1. The average molecular weight is 453 g/mol. The van der Waals surface area contributed by atoms with E-state index in [0.717, 1.165) is 0 Å². The normalized spacial score (nSPS) is 20.3. The maximum atomic E-state index is 12.7. The Hall–Kier alpha value is -3.15. The third kappa shape index (κ3) is 4.79. The summed E-state index contributed by atoms with van der Waals surface area (Å²) in [5.74, 6) is -2.49. The van der Waals surface area contributed by atoms with Gasteiger partial charge in [0.15, 0.2) is 21.3 Å². The van der Waals surface area contributed by atoms with Crippen LogP contribution in [0.15, 0.2) is 18.2 Å². The molecule has 31 heavy (non-hydrogen) atoms. The minimum Gasteiger partial charge on any atom is -0.490 e. The Bertz CT molecular complexity index is 1020. The van der Waals surface area contributed by atoms with Gasteiger partial charge in [-0.25, -0.2) is 23.0 Å². The number of ether oxygens (including phenoxy) is 2. The molecule has 11 nitrogen and oxygen atoms in total. The standard InChI is InChI=1S/C19H23N3O8S/c1-3-29-14-6-5-13(9-15(14)30-4-2)22-18(25)17(24)21(19(22)26)10-16(23)20-12-7-8-31(27,28)11-12/h5-6,9,12H,3-4,7-8,10-11H2,1-2H3,(H,20,23). The second-order valence-electron chi connectivity index (χ2n) is 6.98. The molecular weight excluding hydrogens is 430 g/mol. The lowest BCUT2D eigenvalue weighted by Gasteiger charge is -2.18. The van der Waals surface area contributed by atoms with E-state index < -0.39 is 46.2 Å². The third-order valence-electron chi connectivity index (χ3n) is 4.74. The molecule has 1 aromatic carbocycles. The summed E-state index contributed by atoms with van der Waals surface area (Å²) >= 11 is 0. The molecule has 2 aliphatic rings. The van der Waals surface area contributed by atoms with Crippen LogP contribution in [-0.2, 0) is 24.2 Å². The van der Waals surface area contributed by atoms with Crippen molar-refractivity contribution in [2.24, 2.45) is 0 Å². The number of nitrogens with one attached hydrogen (secondary N) is 1. The van der Waals surface area contributed by atoms with E-state index in [4.69, 9.17) is 9.47 Å². The molecule has 5 amide bonds. The Labute approximate surface area is 179 Å². The number of carbonyl (C=O) groups excluding carboxylic acids is 4. The SMILES string of the molecule is CCOc1ccc(N2C(=O)C(=O)N(CC(=O)NC3CCS(=O)(=O)C3)C2=O)cc1OCC. The van der Waals surface area contributed by atoms with Crippen LogP contribution in [0.5, 0.6) is 11.5 Å². The van der Waals surface area contributed by atoms with Crippen molar-refractivity contribution in [1.29, 1.82) is 0 Å². The summed E-state index contributed by atoms with van der Waals surface area (Å²) in [7, 11) is -3.21. The van der Waals surface area contributed by atoms with Crippen molar-refractivity contribution in [3.63, 3.8) is 0 Å². The number of benzene rings is 1. The molecule has 2 heterocycles. The number of nitrogens with zero attached hydrogens (tertiary/aromatic N) is 2. The van der Waals surface area contributed by atoms with E-state index in [1.54, 1.807) is 13.8 Å². The fourth-order valence-corrected chi connectivity index (χ4v) is 5.05. The summed E-state index contributed by atoms with van der Waals surface area (Å²) in [4.78, 5) is 51.0. The molecule has 0 aromatic heterocycles. The monoisotopic (exact) mass is 453 g/mol. The summed E-state index contributed by atoms with van der Waals surface area (Å²) < 4.78 is 34.0. The van der Waals surface area contributed by atoms with Crippen LogP contribution in [0.4, 0.5) is 10.5 Å². The lowest BCUT2D eigenvalue weighted by Crippen LogP contribution is -2.45.